The molecule has 1 saturated carbocycles. The van der Waals surface area contributed by atoms with Gasteiger partial charge in [-0.05, 0) is 24.7 Å². The number of aliphatic imine (C=N–C) groups is 1. The van der Waals surface area contributed by atoms with Crippen molar-refractivity contribution in [2.45, 2.75) is 39.2 Å². The second-order valence-corrected chi connectivity index (χ2v) is 5.29. The first-order valence-corrected chi connectivity index (χ1v) is 6.96. The zero-order valence-corrected chi connectivity index (χ0v) is 14.8. The Kier molecular flexibility index (Phi) is 6.70. The van der Waals surface area contributed by atoms with Crippen LogP contribution in [0, 0.1) is 5.41 Å². The lowest BCUT2D eigenvalue weighted by molar-refractivity contribution is 0.131. The number of hydrogen-bond acceptors (Lipinski definition) is 3. The monoisotopic (exact) mass is 392 g/mol. The van der Waals surface area contributed by atoms with Gasteiger partial charge in [0.1, 0.15) is 12.2 Å². The fourth-order valence-corrected chi connectivity index (χ4v) is 2.47. The summed E-state index contributed by atoms with van der Waals surface area (Å²) in [6.07, 6.45) is 6.82. The topological polar surface area (TPSA) is 67.1 Å². The van der Waals surface area contributed by atoms with Crippen molar-refractivity contribution in [1.82, 2.24) is 25.4 Å². The van der Waals surface area contributed by atoms with Crippen LogP contribution in [0.5, 0.6) is 0 Å². The lowest BCUT2D eigenvalue weighted by Crippen LogP contribution is -2.46. The van der Waals surface area contributed by atoms with E-state index in [4.69, 9.17) is 0 Å². The van der Waals surface area contributed by atoms with Crippen LogP contribution in [-0.2, 0) is 13.6 Å². The SMILES string of the molecule is CCC1(CNC(=NC)NCc2ncnn2C)CCC1.I. The summed E-state index contributed by atoms with van der Waals surface area (Å²) in [5.41, 5.74) is 0.488. The van der Waals surface area contributed by atoms with Gasteiger partial charge < -0.3 is 10.6 Å². The number of aryl methyl sites for hydroxylation is 1. The molecule has 0 aromatic carbocycles. The first-order valence-electron chi connectivity index (χ1n) is 6.96. The van der Waals surface area contributed by atoms with Crippen LogP contribution in [0.15, 0.2) is 11.3 Å². The smallest absolute Gasteiger partial charge is 0.191 e. The number of halogens is 1. The molecule has 7 heteroatoms. The fraction of sp³-hybridized carbons (Fsp3) is 0.769. The summed E-state index contributed by atoms with van der Waals surface area (Å²) < 4.78 is 1.76. The standard InChI is InChI=1S/C13H24N6.HI/c1-4-13(6-5-7-13)9-16-12(14-2)15-8-11-17-10-18-19(11)3;/h10H,4-9H2,1-3H3,(H2,14,15,16);1H. The molecule has 0 aliphatic heterocycles. The average Bonchev–Trinajstić information content (AvgIpc) is 2.78. The van der Waals surface area contributed by atoms with Crippen LogP contribution in [0.4, 0.5) is 0 Å². The number of hydrogen-bond donors (Lipinski definition) is 2. The third-order valence-corrected chi connectivity index (χ3v) is 4.24. The van der Waals surface area contributed by atoms with E-state index >= 15 is 0 Å². The van der Waals surface area contributed by atoms with E-state index < -0.39 is 0 Å². The molecule has 0 bridgehead atoms. The minimum atomic E-state index is 0. The van der Waals surface area contributed by atoms with Gasteiger partial charge in [0.25, 0.3) is 0 Å². The normalized spacial score (nSPS) is 17.1. The first kappa shape index (κ1) is 17.2. The van der Waals surface area contributed by atoms with Gasteiger partial charge in [0.2, 0.25) is 0 Å². The van der Waals surface area contributed by atoms with E-state index in [-0.39, 0.29) is 24.0 Å². The van der Waals surface area contributed by atoms with Crippen molar-refractivity contribution in [2.24, 2.45) is 17.5 Å². The molecule has 1 aromatic heterocycles. The summed E-state index contributed by atoms with van der Waals surface area (Å²) in [6, 6.07) is 0. The summed E-state index contributed by atoms with van der Waals surface area (Å²) in [5, 5.41) is 10.7. The molecule has 0 radical (unpaired) electrons. The van der Waals surface area contributed by atoms with Gasteiger partial charge in [0, 0.05) is 20.6 Å². The van der Waals surface area contributed by atoms with E-state index in [0.29, 0.717) is 12.0 Å². The van der Waals surface area contributed by atoms with Crippen molar-refractivity contribution in [2.75, 3.05) is 13.6 Å². The Bertz CT molecular complexity index is 432. The van der Waals surface area contributed by atoms with E-state index in [1.807, 2.05) is 7.05 Å². The van der Waals surface area contributed by atoms with Crippen LogP contribution >= 0.6 is 24.0 Å². The van der Waals surface area contributed by atoms with Gasteiger partial charge in [-0.3, -0.25) is 9.67 Å². The summed E-state index contributed by atoms with van der Waals surface area (Å²) in [6.45, 7) is 3.91. The Morgan fingerprint density at radius 1 is 1.45 bits per heavy atom. The molecule has 0 atom stereocenters. The predicted octanol–water partition coefficient (Wildman–Crippen LogP) is 1.68. The highest BCUT2D eigenvalue weighted by atomic mass is 127. The molecule has 20 heavy (non-hydrogen) atoms. The predicted molar refractivity (Wildman–Crippen MR) is 91.2 cm³/mol. The zero-order valence-electron chi connectivity index (χ0n) is 12.5. The van der Waals surface area contributed by atoms with Crippen LogP contribution < -0.4 is 10.6 Å². The van der Waals surface area contributed by atoms with Crippen molar-refractivity contribution in [3.63, 3.8) is 0 Å². The molecule has 1 fully saturated rings. The molecule has 114 valence electrons. The van der Waals surface area contributed by atoms with Gasteiger partial charge in [0.15, 0.2) is 5.96 Å². The molecule has 1 aliphatic carbocycles. The third-order valence-electron chi connectivity index (χ3n) is 4.24. The second kappa shape index (κ2) is 7.80. The maximum atomic E-state index is 4.25. The van der Waals surface area contributed by atoms with Gasteiger partial charge in [-0.1, -0.05) is 13.3 Å². The van der Waals surface area contributed by atoms with Crippen LogP contribution in [0.25, 0.3) is 0 Å². The Balaban J connectivity index is 0.00000200. The summed E-state index contributed by atoms with van der Waals surface area (Å²) in [7, 11) is 3.69. The van der Waals surface area contributed by atoms with Crippen molar-refractivity contribution in [1.29, 1.82) is 0 Å². The molecular weight excluding hydrogens is 367 g/mol. The molecular formula is C13H25IN6. The summed E-state index contributed by atoms with van der Waals surface area (Å²) >= 11 is 0. The molecule has 0 unspecified atom stereocenters. The highest BCUT2D eigenvalue weighted by Crippen LogP contribution is 2.42. The molecule has 1 heterocycles. The number of nitrogens with zero attached hydrogens (tertiary/aromatic N) is 4. The maximum Gasteiger partial charge on any atom is 0.191 e. The molecule has 0 amide bonds. The van der Waals surface area contributed by atoms with Crippen molar-refractivity contribution < 1.29 is 0 Å². The van der Waals surface area contributed by atoms with Gasteiger partial charge in [-0.2, -0.15) is 5.10 Å². The Morgan fingerprint density at radius 2 is 2.20 bits per heavy atom. The van der Waals surface area contributed by atoms with Crippen LogP contribution in [0.3, 0.4) is 0 Å². The van der Waals surface area contributed by atoms with Crippen molar-refractivity contribution in [3.8, 4) is 0 Å². The molecule has 0 saturated heterocycles. The summed E-state index contributed by atoms with van der Waals surface area (Å²) in [5.74, 6) is 1.74. The van der Waals surface area contributed by atoms with E-state index in [1.165, 1.54) is 25.7 Å². The Hall–Kier alpha value is -0.860. The highest BCUT2D eigenvalue weighted by molar-refractivity contribution is 14.0. The van der Waals surface area contributed by atoms with Gasteiger partial charge in [0.05, 0.1) is 6.54 Å². The Morgan fingerprint density at radius 3 is 2.65 bits per heavy atom. The average molecular weight is 392 g/mol. The molecule has 2 rings (SSSR count). The molecule has 6 nitrogen and oxygen atoms in total. The van der Waals surface area contributed by atoms with E-state index in [1.54, 1.807) is 18.1 Å². The second-order valence-electron chi connectivity index (χ2n) is 5.29. The van der Waals surface area contributed by atoms with Crippen molar-refractivity contribution >= 4 is 29.9 Å². The zero-order chi connectivity index (χ0) is 13.7. The first-order chi connectivity index (χ1) is 9.19. The quantitative estimate of drug-likeness (QED) is 0.455. The van der Waals surface area contributed by atoms with Crippen LogP contribution in [0.1, 0.15) is 38.4 Å². The molecule has 0 spiro atoms. The van der Waals surface area contributed by atoms with E-state index in [9.17, 15) is 0 Å². The minimum Gasteiger partial charge on any atom is -0.356 e. The molecule has 1 aromatic rings. The van der Waals surface area contributed by atoms with Crippen LogP contribution in [-0.4, -0.2) is 34.3 Å². The van der Waals surface area contributed by atoms with Crippen molar-refractivity contribution in [3.05, 3.63) is 12.2 Å². The van der Waals surface area contributed by atoms with Gasteiger partial charge >= 0.3 is 0 Å². The lowest BCUT2D eigenvalue weighted by atomic mass is 9.67. The van der Waals surface area contributed by atoms with Gasteiger partial charge in [-0.15, -0.1) is 24.0 Å². The third kappa shape index (κ3) is 4.07. The lowest BCUT2D eigenvalue weighted by Gasteiger charge is -2.41. The fourth-order valence-electron chi connectivity index (χ4n) is 2.47. The maximum absolute atomic E-state index is 4.25. The Labute approximate surface area is 137 Å². The number of rotatable bonds is 5. The van der Waals surface area contributed by atoms with E-state index in [2.05, 4.69) is 32.6 Å². The number of guanidine groups is 1. The largest absolute Gasteiger partial charge is 0.356 e. The minimum absolute atomic E-state index is 0. The molecule has 2 N–H and O–H groups in total. The highest BCUT2D eigenvalue weighted by Gasteiger charge is 2.34. The van der Waals surface area contributed by atoms with Crippen LogP contribution in [0.2, 0.25) is 0 Å². The molecule has 1 aliphatic rings. The number of nitrogens with one attached hydrogen (secondary N) is 2. The summed E-state index contributed by atoms with van der Waals surface area (Å²) in [4.78, 5) is 8.43. The number of aromatic nitrogens is 3. The van der Waals surface area contributed by atoms with Gasteiger partial charge in [-0.25, -0.2) is 4.98 Å². The van der Waals surface area contributed by atoms with E-state index in [0.717, 1.165) is 18.3 Å².